The number of aliphatic hydroxyl groups excluding tert-OH is 4. The van der Waals surface area contributed by atoms with Crippen molar-refractivity contribution >= 4 is 11.9 Å². The van der Waals surface area contributed by atoms with Gasteiger partial charge in [-0.3, -0.25) is 9.59 Å². The molecule has 1 fully saturated rings. The lowest BCUT2D eigenvalue weighted by Gasteiger charge is -2.39. The minimum Gasteiger partial charge on any atom is -0.462 e. The third-order valence-electron chi connectivity index (χ3n) is 12.5. The van der Waals surface area contributed by atoms with Gasteiger partial charge >= 0.3 is 11.9 Å². The molecule has 4 N–H and O–H groups in total. The van der Waals surface area contributed by atoms with E-state index in [1.807, 2.05) is 0 Å². The van der Waals surface area contributed by atoms with Gasteiger partial charge in [0.2, 0.25) is 0 Å². The van der Waals surface area contributed by atoms with Crippen molar-refractivity contribution in [3.8, 4) is 0 Å². The maximum absolute atomic E-state index is 12.8. The van der Waals surface area contributed by atoms with E-state index < -0.39 is 49.4 Å². The fourth-order valence-corrected chi connectivity index (χ4v) is 8.37. The van der Waals surface area contributed by atoms with E-state index >= 15 is 0 Å². The molecule has 6 atom stereocenters. The Morgan fingerprint density at radius 1 is 0.443 bits per heavy atom. The van der Waals surface area contributed by atoms with Crippen LogP contribution in [0, 0.1) is 0 Å². The molecule has 0 aromatic carbocycles. The first-order valence-electron chi connectivity index (χ1n) is 26.1. The van der Waals surface area contributed by atoms with Gasteiger partial charge in [-0.15, -0.1) is 0 Å². The van der Waals surface area contributed by atoms with Gasteiger partial charge in [0, 0.05) is 12.8 Å². The van der Waals surface area contributed by atoms with Crippen LogP contribution < -0.4 is 0 Å². The zero-order chi connectivity index (χ0) is 44.4. The van der Waals surface area contributed by atoms with E-state index in [1.165, 1.54) is 186 Å². The minimum atomic E-state index is -1.59. The summed E-state index contributed by atoms with van der Waals surface area (Å²) in [5.74, 6) is -0.786. The summed E-state index contributed by atoms with van der Waals surface area (Å²) in [5, 5.41) is 40.2. The number of hydrogen-bond acceptors (Lipinski definition) is 10. The molecule has 0 saturated carbocycles. The van der Waals surface area contributed by atoms with Gasteiger partial charge in [-0.25, -0.2) is 0 Å². The Hall–Kier alpha value is -1.30. The van der Waals surface area contributed by atoms with Crippen molar-refractivity contribution in [3.63, 3.8) is 0 Å². The van der Waals surface area contributed by atoms with E-state index in [4.69, 9.17) is 18.9 Å². The number of hydrogen-bond donors (Lipinski definition) is 4. The number of carbonyl (C=O) groups excluding carboxylic acids is 2. The van der Waals surface area contributed by atoms with Crippen molar-refractivity contribution in [2.24, 2.45) is 0 Å². The maximum atomic E-state index is 12.8. The summed E-state index contributed by atoms with van der Waals surface area (Å²) in [7, 11) is 0. The van der Waals surface area contributed by atoms with Gasteiger partial charge in [-0.05, 0) is 12.8 Å². The molecule has 0 aromatic rings. The molecular weight excluding hydrogens is 773 g/mol. The van der Waals surface area contributed by atoms with Crippen LogP contribution in [0.3, 0.4) is 0 Å². The number of aliphatic hydroxyl groups is 4. The molecule has 362 valence electrons. The molecule has 61 heavy (non-hydrogen) atoms. The first kappa shape index (κ1) is 57.7. The smallest absolute Gasteiger partial charge is 0.306 e. The van der Waals surface area contributed by atoms with E-state index in [0.717, 1.165) is 38.5 Å². The Kier molecular flexibility index (Phi) is 40.3. The lowest BCUT2D eigenvalue weighted by atomic mass is 9.99. The van der Waals surface area contributed by atoms with Gasteiger partial charge in [0.1, 0.15) is 31.0 Å². The van der Waals surface area contributed by atoms with E-state index in [1.54, 1.807) is 0 Å². The highest BCUT2D eigenvalue weighted by Crippen LogP contribution is 2.23. The Morgan fingerprint density at radius 2 is 0.770 bits per heavy atom. The fraction of sp³-hybridized carbons (Fsp3) is 0.961. The predicted molar refractivity (Wildman–Crippen MR) is 247 cm³/mol. The van der Waals surface area contributed by atoms with E-state index in [0.29, 0.717) is 6.42 Å². The fourth-order valence-electron chi connectivity index (χ4n) is 8.37. The van der Waals surface area contributed by atoms with Crippen molar-refractivity contribution in [1.82, 2.24) is 0 Å². The lowest BCUT2D eigenvalue weighted by molar-refractivity contribution is -0.305. The summed E-state index contributed by atoms with van der Waals surface area (Å²) in [6.45, 7) is 3.48. The second-order valence-corrected chi connectivity index (χ2v) is 18.3. The number of unbranched alkanes of at least 4 members (excludes halogenated alkanes) is 34. The highest BCUT2D eigenvalue weighted by atomic mass is 16.7. The van der Waals surface area contributed by atoms with Gasteiger partial charge in [0.25, 0.3) is 0 Å². The SMILES string of the molecule is CCCCCCCCCCCCCCCCCCCCCCCC(=O)OC[C@@H](CO[C@H]1O[C@@H](CO)[C@@H](O)C(O)C1O)OC(=O)CCCCCCCCCCCCCCCCC. The normalized spacial score (nSPS) is 19.6. The average molecular weight is 871 g/mol. The third-order valence-corrected chi connectivity index (χ3v) is 12.5. The molecule has 0 radical (unpaired) electrons. The van der Waals surface area contributed by atoms with Gasteiger partial charge in [-0.2, -0.15) is 0 Å². The van der Waals surface area contributed by atoms with E-state index in [2.05, 4.69) is 13.8 Å². The zero-order valence-corrected chi connectivity index (χ0v) is 39.7. The molecule has 0 aliphatic carbocycles. The molecule has 1 aliphatic heterocycles. The van der Waals surface area contributed by atoms with Crippen LogP contribution in [0.2, 0.25) is 0 Å². The number of ether oxygens (including phenoxy) is 4. The molecule has 10 heteroatoms. The highest BCUT2D eigenvalue weighted by Gasteiger charge is 2.44. The first-order chi connectivity index (χ1) is 29.8. The van der Waals surface area contributed by atoms with Crippen LogP contribution in [-0.2, 0) is 28.5 Å². The summed E-state index contributed by atoms with van der Waals surface area (Å²) in [6, 6.07) is 0. The first-order valence-corrected chi connectivity index (χ1v) is 26.1. The van der Waals surface area contributed by atoms with Gasteiger partial charge < -0.3 is 39.4 Å². The van der Waals surface area contributed by atoms with Crippen LogP contribution in [0.25, 0.3) is 0 Å². The number of esters is 2. The van der Waals surface area contributed by atoms with Gasteiger partial charge in [-0.1, -0.05) is 232 Å². The molecular formula is C51H98O10. The molecule has 1 rings (SSSR count). The molecule has 10 nitrogen and oxygen atoms in total. The van der Waals surface area contributed by atoms with Crippen LogP contribution in [0.5, 0.6) is 0 Å². The Morgan fingerprint density at radius 3 is 1.11 bits per heavy atom. The second-order valence-electron chi connectivity index (χ2n) is 18.3. The maximum Gasteiger partial charge on any atom is 0.306 e. The molecule has 0 spiro atoms. The van der Waals surface area contributed by atoms with Crippen LogP contribution >= 0.6 is 0 Å². The summed E-state index contributed by atoms with van der Waals surface area (Å²) in [5.41, 5.74) is 0. The van der Waals surface area contributed by atoms with E-state index in [-0.39, 0.29) is 32.0 Å². The minimum absolute atomic E-state index is 0.208. The molecule has 1 saturated heterocycles. The Bertz CT molecular complexity index is 964. The largest absolute Gasteiger partial charge is 0.462 e. The molecule has 1 aliphatic rings. The van der Waals surface area contributed by atoms with Crippen LogP contribution in [0.15, 0.2) is 0 Å². The molecule has 0 amide bonds. The predicted octanol–water partition coefficient (Wildman–Crippen LogP) is 12.1. The molecule has 0 aromatic heterocycles. The Balaban J connectivity index is 2.22. The van der Waals surface area contributed by atoms with E-state index in [9.17, 15) is 30.0 Å². The summed E-state index contributed by atoms with van der Waals surface area (Å²) >= 11 is 0. The average Bonchev–Trinajstić information content (AvgIpc) is 3.26. The molecule has 0 bridgehead atoms. The Labute approximate surface area is 374 Å². The number of rotatable bonds is 45. The van der Waals surface area contributed by atoms with Crippen LogP contribution in [0.1, 0.15) is 258 Å². The zero-order valence-electron chi connectivity index (χ0n) is 39.7. The van der Waals surface area contributed by atoms with Crippen molar-refractivity contribution in [1.29, 1.82) is 0 Å². The highest BCUT2D eigenvalue weighted by molar-refractivity contribution is 5.70. The van der Waals surface area contributed by atoms with Gasteiger partial charge in [0.05, 0.1) is 13.2 Å². The quantitative estimate of drug-likeness (QED) is 0.0344. The topological polar surface area (TPSA) is 152 Å². The van der Waals surface area contributed by atoms with Crippen molar-refractivity contribution in [2.75, 3.05) is 19.8 Å². The number of carbonyl (C=O) groups is 2. The van der Waals surface area contributed by atoms with Crippen LogP contribution in [0.4, 0.5) is 0 Å². The monoisotopic (exact) mass is 871 g/mol. The van der Waals surface area contributed by atoms with Crippen LogP contribution in [-0.4, -0.2) is 89.0 Å². The van der Waals surface area contributed by atoms with Crippen molar-refractivity contribution in [3.05, 3.63) is 0 Å². The summed E-state index contributed by atoms with van der Waals surface area (Å²) in [6.07, 6.45) is 38.3. The molecule has 1 heterocycles. The lowest BCUT2D eigenvalue weighted by Crippen LogP contribution is -2.59. The third kappa shape index (κ3) is 33.8. The summed E-state index contributed by atoms with van der Waals surface area (Å²) in [4.78, 5) is 25.4. The summed E-state index contributed by atoms with van der Waals surface area (Å²) < 4.78 is 22.3. The molecule has 2 unspecified atom stereocenters. The van der Waals surface area contributed by atoms with Crippen molar-refractivity contribution in [2.45, 2.75) is 295 Å². The van der Waals surface area contributed by atoms with Gasteiger partial charge in [0.15, 0.2) is 12.4 Å². The van der Waals surface area contributed by atoms with Crippen molar-refractivity contribution < 1.29 is 49.0 Å². The standard InChI is InChI=1S/C51H98O10/c1-3-5-7-9-11-13-15-17-19-20-21-22-23-24-26-27-29-31-33-35-37-39-46(53)58-42-44(43-59-51-50(57)49(56)48(55)45(41-52)61-51)60-47(54)40-38-36-34-32-30-28-25-18-16-14-12-10-8-6-4-2/h44-45,48-52,55-57H,3-43H2,1-2H3/t44-,45-,48+,49?,50?,51-/m0/s1. The second kappa shape index (κ2) is 42.6.